The number of urea groups is 1. The molecule has 0 saturated carbocycles. The van der Waals surface area contributed by atoms with Gasteiger partial charge in [-0.15, -0.1) is 0 Å². The van der Waals surface area contributed by atoms with E-state index >= 15 is 0 Å². The summed E-state index contributed by atoms with van der Waals surface area (Å²) in [4.78, 5) is 29.5. The molecule has 1 aromatic carbocycles. The summed E-state index contributed by atoms with van der Waals surface area (Å²) in [7, 11) is 3.46. The minimum Gasteiger partial charge on any atom is -0.338 e. The third kappa shape index (κ3) is 3.75. The van der Waals surface area contributed by atoms with Crippen molar-refractivity contribution in [3.8, 4) is 0 Å². The van der Waals surface area contributed by atoms with Crippen LogP contribution in [-0.4, -0.2) is 60.4 Å². The molecule has 0 aromatic heterocycles. The van der Waals surface area contributed by atoms with Gasteiger partial charge in [0.05, 0.1) is 0 Å². The van der Waals surface area contributed by atoms with Crippen molar-refractivity contribution in [2.75, 3.05) is 33.7 Å². The quantitative estimate of drug-likeness (QED) is 0.822. The first-order valence-electron chi connectivity index (χ1n) is 8.47. The van der Waals surface area contributed by atoms with Crippen molar-refractivity contribution < 1.29 is 18.4 Å². The molecule has 3 rings (SSSR count). The van der Waals surface area contributed by atoms with Crippen LogP contribution in [0.15, 0.2) is 18.2 Å². The summed E-state index contributed by atoms with van der Waals surface area (Å²) in [6, 6.07) is 3.35. The highest BCUT2D eigenvalue weighted by Gasteiger charge is 2.45. The van der Waals surface area contributed by atoms with Crippen molar-refractivity contribution >= 4 is 11.9 Å². The second-order valence-electron chi connectivity index (χ2n) is 7.37. The third-order valence-electron chi connectivity index (χ3n) is 5.18. The minimum atomic E-state index is -0.633. The summed E-state index contributed by atoms with van der Waals surface area (Å²) in [6.45, 7) is 2.06. The Labute approximate surface area is 146 Å². The van der Waals surface area contributed by atoms with Gasteiger partial charge in [0.1, 0.15) is 11.6 Å². The summed E-state index contributed by atoms with van der Waals surface area (Å²) < 4.78 is 26.7. The van der Waals surface area contributed by atoms with E-state index in [1.165, 1.54) is 12.1 Å². The number of hydrogen-bond acceptors (Lipinski definition) is 2. The molecule has 2 aliphatic rings. The van der Waals surface area contributed by atoms with Crippen molar-refractivity contribution in [3.63, 3.8) is 0 Å². The fourth-order valence-corrected chi connectivity index (χ4v) is 3.84. The minimum absolute atomic E-state index is 0.00809. The zero-order valence-corrected chi connectivity index (χ0v) is 14.6. The zero-order chi connectivity index (χ0) is 18.2. The predicted molar refractivity (Wildman–Crippen MR) is 88.7 cm³/mol. The lowest BCUT2D eigenvalue weighted by Gasteiger charge is -2.39. The fraction of sp³-hybridized carbons (Fsp3) is 0.556. The SMILES string of the molecule is CN(C)C(=O)N1CCC2(CC1)CC(=O)N(Cc1cc(F)cc(F)c1)C2. The van der Waals surface area contributed by atoms with E-state index in [9.17, 15) is 18.4 Å². The maximum absolute atomic E-state index is 13.3. The van der Waals surface area contributed by atoms with Crippen molar-refractivity contribution in [3.05, 3.63) is 35.4 Å². The molecular weight excluding hydrogens is 328 g/mol. The van der Waals surface area contributed by atoms with Gasteiger partial charge in [-0.1, -0.05) is 0 Å². The second kappa shape index (κ2) is 6.61. The van der Waals surface area contributed by atoms with Gasteiger partial charge in [-0.05, 0) is 30.5 Å². The lowest BCUT2D eigenvalue weighted by Crippen LogP contribution is -2.47. The van der Waals surface area contributed by atoms with Gasteiger partial charge in [0.15, 0.2) is 0 Å². The van der Waals surface area contributed by atoms with Gasteiger partial charge in [-0.2, -0.15) is 0 Å². The molecule has 25 heavy (non-hydrogen) atoms. The molecule has 1 spiro atoms. The Balaban J connectivity index is 1.64. The second-order valence-corrected chi connectivity index (χ2v) is 7.37. The molecule has 2 fully saturated rings. The summed E-state index contributed by atoms with van der Waals surface area (Å²) in [5, 5.41) is 0. The van der Waals surface area contributed by atoms with E-state index in [1.54, 1.807) is 28.8 Å². The lowest BCUT2D eigenvalue weighted by atomic mass is 9.77. The first-order valence-corrected chi connectivity index (χ1v) is 8.47. The molecule has 0 unspecified atom stereocenters. The number of rotatable bonds is 2. The molecule has 0 radical (unpaired) electrons. The van der Waals surface area contributed by atoms with Crippen LogP contribution < -0.4 is 0 Å². The van der Waals surface area contributed by atoms with Crippen LogP contribution in [-0.2, 0) is 11.3 Å². The number of benzene rings is 1. The largest absolute Gasteiger partial charge is 0.338 e. The number of hydrogen-bond donors (Lipinski definition) is 0. The number of amides is 3. The van der Waals surface area contributed by atoms with E-state index in [-0.39, 0.29) is 23.9 Å². The van der Waals surface area contributed by atoms with Crippen LogP contribution in [0.3, 0.4) is 0 Å². The van der Waals surface area contributed by atoms with Crippen LogP contribution in [0.25, 0.3) is 0 Å². The maximum atomic E-state index is 13.3. The highest BCUT2D eigenvalue weighted by molar-refractivity contribution is 5.79. The van der Waals surface area contributed by atoms with Gasteiger partial charge in [-0.25, -0.2) is 13.6 Å². The topological polar surface area (TPSA) is 43.9 Å². The molecular formula is C18H23F2N3O2. The van der Waals surface area contributed by atoms with Gasteiger partial charge in [0, 0.05) is 58.2 Å². The Kier molecular flexibility index (Phi) is 4.67. The number of carbonyl (C=O) groups excluding carboxylic acids is 2. The van der Waals surface area contributed by atoms with Crippen molar-refractivity contribution in [2.24, 2.45) is 5.41 Å². The summed E-state index contributed by atoms with van der Waals surface area (Å²) in [6.07, 6.45) is 1.98. The molecule has 2 saturated heterocycles. The summed E-state index contributed by atoms with van der Waals surface area (Å²) >= 11 is 0. The smallest absolute Gasteiger partial charge is 0.319 e. The van der Waals surface area contributed by atoms with Gasteiger partial charge < -0.3 is 14.7 Å². The molecule has 1 aromatic rings. The van der Waals surface area contributed by atoms with Crippen LogP contribution in [0.5, 0.6) is 0 Å². The van der Waals surface area contributed by atoms with E-state index in [0.29, 0.717) is 31.6 Å². The molecule has 5 nitrogen and oxygen atoms in total. The highest BCUT2D eigenvalue weighted by Crippen LogP contribution is 2.41. The number of likely N-dealkylation sites (tertiary alicyclic amines) is 2. The maximum Gasteiger partial charge on any atom is 0.319 e. The molecule has 0 N–H and O–H groups in total. The standard InChI is InChI=1S/C18H23F2N3O2/c1-21(2)17(25)22-5-3-18(4-6-22)10-16(24)23(12-18)11-13-7-14(19)9-15(20)8-13/h7-9H,3-6,10-12H2,1-2H3. The van der Waals surface area contributed by atoms with Crippen LogP contribution in [0, 0.1) is 17.0 Å². The predicted octanol–water partition coefficient (Wildman–Crippen LogP) is 2.46. The van der Waals surface area contributed by atoms with E-state index < -0.39 is 11.6 Å². The van der Waals surface area contributed by atoms with E-state index in [0.717, 1.165) is 18.9 Å². The normalized spacial score (nSPS) is 19.6. The molecule has 0 bridgehead atoms. The van der Waals surface area contributed by atoms with Gasteiger partial charge in [0.25, 0.3) is 0 Å². The van der Waals surface area contributed by atoms with Gasteiger partial charge in [0.2, 0.25) is 5.91 Å². The molecule has 2 heterocycles. The Morgan fingerprint density at radius 1 is 1.16 bits per heavy atom. The first-order chi connectivity index (χ1) is 11.8. The lowest BCUT2D eigenvalue weighted by molar-refractivity contribution is -0.128. The molecule has 0 aliphatic carbocycles. The Morgan fingerprint density at radius 3 is 2.32 bits per heavy atom. The van der Waals surface area contributed by atoms with Crippen molar-refractivity contribution in [1.82, 2.24) is 14.7 Å². The highest BCUT2D eigenvalue weighted by atomic mass is 19.1. The summed E-state index contributed by atoms with van der Waals surface area (Å²) in [5.74, 6) is -1.25. The van der Waals surface area contributed by atoms with E-state index in [4.69, 9.17) is 0 Å². The average Bonchev–Trinajstić information content (AvgIpc) is 2.81. The zero-order valence-electron chi connectivity index (χ0n) is 14.6. The molecule has 2 aliphatic heterocycles. The number of halogens is 2. The molecule has 0 atom stereocenters. The van der Waals surface area contributed by atoms with Gasteiger partial charge in [-0.3, -0.25) is 4.79 Å². The Hall–Kier alpha value is -2.18. The number of piperidine rings is 1. The van der Waals surface area contributed by atoms with E-state index in [1.807, 2.05) is 0 Å². The Morgan fingerprint density at radius 2 is 1.76 bits per heavy atom. The van der Waals surface area contributed by atoms with Crippen LogP contribution >= 0.6 is 0 Å². The molecule has 3 amide bonds. The Bertz CT molecular complexity index is 665. The third-order valence-corrected chi connectivity index (χ3v) is 5.18. The van der Waals surface area contributed by atoms with Crippen LogP contribution in [0.4, 0.5) is 13.6 Å². The van der Waals surface area contributed by atoms with Crippen molar-refractivity contribution in [1.29, 1.82) is 0 Å². The van der Waals surface area contributed by atoms with Crippen molar-refractivity contribution in [2.45, 2.75) is 25.8 Å². The monoisotopic (exact) mass is 351 g/mol. The van der Waals surface area contributed by atoms with Gasteiger partial charge >= 0.3 is 6.03 Å². The fourth-order valence-electron chi connectivity index (χ4n) is 3.84. The first kappa shape index (κ1) is 17.6. The summed E-state index contributed by atoms with van der Waals surface area (Å²) in [5.41, 5.74) is 0.328. The molecule has 7 heteroatoms. The average molecular weight is 351 g/mol. The number of carbonyl (C=O) groups is 2. The number of nitrogens with zero attached hydrogens (tertiary/aromatic N) is 3. The van der Waals surface area contributed by atoms with E-state index in [2.05, 4.69) is 0 Å². The van der Waals surface area contributed by atoms with Crippen LogP contribution in [0.1, 0.15) is 24.8 Å². The van der Waals surface area contributed by atoms with Crippen LogP contribution in [0.2, 0.25) is 0 Å². The molecule has 136 valence electrons.